The van der Waals surface area contributed by atoms with E-state index in [1.165, 1.54) is 13.2 Å². The summed E-state index contributed by atoms with van der Waals surface area (Å²) in [5.74, 6) is 0.248. The Balaban J connectivity index is 1.61. The number of rotatable bonds is 6. The van der Waals surface area contributed by atoms with Gasteiger partial charge in [0.25, 0.3) is 5.91 Å². The van der Waals surface area contributed by atoms with Crippen molar-refractivity contribution in [3.8, 4) is 17.2 Å². The minimum atomic E-state index is -4.71. The Bertz CT molecular complexity index is 961. The van der Waals surface area contributed by atoms with Gasteiger partial charge in [0.15, 0.2) is 5.69 Å². The van der Waals surface area contributed by atoms with E-state index in [1.807, 2.05) is 0 Å². The Labute approximate surface area is 157 Å². The third-order valence-corrected chi connectivity index (χ3v) is 4.00. The topological polar surface area (TPSA) is 93.0 Å². The molecule has 0 fully saturated rings. The number of carbonyl (C=O) groups is 1. The molecule has 0 bridgehead atoms. The highest BCUT2D eigenvalue weighted by atomic mass is 19.4. The molecule has 0 saturated heterocycles. The predicted molar refractivity (Wildman–Crippen MR) is 92.9 cm³/mol. The Hall–Kier alpha value is -3.30. The number of ether oxygens (including phenoxy) is 1. The number of hydrogen-bond acceptors (Lipinski definition) is 5. The Morgan fingerprint density at radius 3 is 2.64 bits per heavy atom. The van der Waals surface area contributed by atoms with Crippen molar-refractivity contribution in [3.05, 3.63) is 53.2 Å². The van der Waals surface area contributed by atoms with Crippen LogP contribution < -0.4 is 10.1 Å². The highest BCUT2D eigenvalue weighted by Gasteiger charge is 2.39. The van der Waals surface area contributed by atoms with Crippen LogP contribution in [0.15, 0.2) is 34.9 Å². The number of amides is 1. The number of nitrogens with one attached hydrogen (secondary N) is 2. The van der Waals surface area contributed by atoms with Crippen LogP contribution in [0, 0.1) is 6.92 Å². The minimum absolute atomic E-state index is 0.0491. The summed E-state index contributed by atoms with van der Waals surface area (Å²) in [4.78, 5) is 16.5. The molecule has 0 aliphatic heterocycles. The van der Waals surface area contributed by atoms with Gasteiger partial charge in [-0.25, -0.2) is 4.98 Å². The average molecular weight is 394 g/mol. The van der Waals surface area contributed by atoms with Crippen LogP contribution >= 0.6 is 0 Å². The zero-order chi connectivity index (χ0) is 20.3. The molecular weight excluding hydrogens is 377 g/mol. The van der Waals surface area contributed by atoms with E-state index in [1.54, 1.807) is 31.4 Å². The molecule has 2 heterocycles. The largest absolute Gasteiger partial charge is 0.497 e. The van der Waals surface area contributed by atoms with E-state index in [0.29, 0.717) is 23.8 Å². The summed E-state index contributed by atoms with van der Waals surface area (Å²) in [6.45, 7) is 1.45. The van der Waals surface area contributed by atoms with Crippen molar-refractivity contribution in [3.63, 3.8) is 0 Å². The number of aromatic nitrogens is 3. The predicted octanol–water partition coefficient (Wildman–Crippen LogP) is 3.37. The number of hydrogen-bond donors (Lipinski definition) is 2. The van der Waals surface area contributed by atoms with Crippen LogP contribution in [-0.2, 0) is 12.6 Å². The molecule has 0 atom stereocenters. The normalized spacial score (nSPS) is 11.5. The van der Waals surface area contributed by atoms with Gasteiger partial charge in [0.2, 0.25) is 5.89 Å². The molecule has 1 aromatic carbocycles. The maximum absolute atomic E-state index is 12.9. The van der Waals surface area contributed by atoms with E-state index in [-0.39, 0.29) is 12.2 Å². The monoisotopic (exact) mass is 394 g/mol. The highest BCUT2D eigenvalue weighted by molar-refractivity contribution is 5.96. The standard InChI is InChI=1S/C18H17F3N4O3/c1-10-14(15(25-24-10)18(19,20)21)16(26)22-8-7-12-9-28-17(23-12)11-3-5-13(27-2)6-4-11/h3-6,9H,7-8H2,1-2H3,(H,22,26)(H,24,25). The molecule has 0 radical (unpaired) electrons. The molecule has 0 unspecified atom stereocenters. The number of alkyl halides is 3. The lowest BCUT2D eigenvalue weighted by Crippen LogP contribution is -2.28. The molecular formula is C18H17F3N4O3. The molecule has 3 aromatic rings. The Kier molecular flexibility index (Phi) is 5.39. The van der Waals surface area contributed by atoms with Crippen LogP contribution in [0.2, 0.25) is 0 Å². The van der Waals surface area contributed by atoms with Crippen LogP contribution in [-0.4, -0.2) is 34.7 Å². The second kappa shape index (κ2) is 7.75. The van der Waals surface area contributed by atoms with Gasteiger partial charge in [-0.2, -0.15) is 18.3 Å². The van der Waals surface area contributed by atoms with E-state index < -0.39 is 23.3 Å². The van der Waals surface area contributed by atoms with Crippen molar-refractivity contribution < 1.29 is 27.1 Å². The quantitative estimate of drug-likeness (QED) is 0.669. The summed E-state index contributed by atoms with van der Waals surface area (Å²) in [6, 6.07) is 7.11. The SMILES string of the molecule is COc1ccc(-c2nc(CCNC(=O)c3c(C(F)(F)F)n[nH]c3C)co2)cc1. The Morgan fingerprint density at radius 2 is 2.00 bits per heavy atom. The fourth-order valence-corrected chi connectivity index (χ4v) is 2.59. The number of H-pyrrole nitrogens is 1. The molecule has 10 heteroatoms. The van der Waals surface area contributed by atoms with Crippen LogP contribution in [0.4, 0.5) is 13.2 Å². The summed E-state index contributed by atoms with van der Waals surface area (Å²) >= 11 is 0. The van der Waals surface area contributed by atoms with Crippen LogP contribution in [0.5, 0.6) is 5.75 Å². The second-order valence-corrected chi connectivity index (χ2v) is 5.95. The average Bonchev–Trinajstić information content (AvgIpc) is 3.28. The minimum Gasteiger partial charge on any atom is -0.497 e. The summed E-state index contributed by atoms with van der Waals surface area (Å²) in [7, 11) is 1.56. The molecule has 7 nitrogen and oxygen atoms in total. The molecule has 3 rings (SSSR count). The summed E-state index contributed by atoms with van der Waals surface area (Å²) in [5.41, 5.74) is -0.378. The number of methoxy groups -OCH3 is 1. The first kappa shape index (κ1) is 19.5. The maximum Gasteiger partial charge on any atom is 0.435 e. The van der Waals surface area contributed by atoms with Crippen molar-refractivity contribution >= 4 is 5.91 Å². The van der Waals surface area contributed by atoms with E-state index in [4.69, 9.17) is 9.15 Å². The number of oxazole rings is 1. The van der Waals surface area contributed by atoms with Gasteiger partial charge in [-0.15, -0.1) is 0 Å². The van der Waals surface area contributed by atoms with Crippen molar-refractivity contribution in [2.45, 2.75) is 19.5 Å². The molecule has 1 amide bonds. The summed E-state index contributed by atoms with van der Waals surface area (Å²) in [5, 5.41) is 7.83. The molecule has 2 N–H and O–H groups in total. The van der Waals surface area contributed by atoms with Gasteiger partial charge in [-0.1, -0.05) is 0 Å². The molecule has 0 aliphatic rings. The first-order chi connectivity index (χ1) is 13.3. The van der Waals surface area contributed by atoms with Gasteiger partial charge in [0, 0.05) is 24.2 Å². The summed E-state index contributed by atoms with van der Waals surface area (Å²) in [6.07, 6.45) is -2.98. The third-order valence-electron chi connectivity index (χ3n) is 4.00. The lowest BCUT2D eigenvalue weighted by atomic mass is 10.1. The number of carbonyl (C=O) groups excluding carboxylic acids is 1. The van der Waals surface area contributed by atoms with Gasteiger partial charge in [-0.05, 0) is 31.2 Å². The zero-order valence-corrected chi connectivity index (χ0v) is 15.1. The van der Waals surface area contributed by atoms with Crippen LogP contribution in [0.25, 0.3) is 11.5 Å². The fourth-order valence-electron chi connectivity index (χ4n) is 2.59. The lowest BCUT2D eigenvalue weighted by molar-refractivity contribution is -0.141. The number of aryl methyl sites for hydroxylation is 1. The van der Waals surface area contributed by atoms with Crippen LogP contribution in [0.3, 0.4) is 0 Å². The number of nitrogens with zero attached hydrogens (tertiary/aromatic N) is 2. The van der Waals surface area contributed by atoms with E-state index >= 15 is 0 Å². The van der Waals surface area contributed by atoms with E-state index in [0.717, 1.165) is 5.56 Å². The molecule has 148 valence electrons. The third kappa shape index (κ3) is 4.16. The molecule has 0 spiro atoms. The first-order valence-electron chi connectivity index (χ1n) is 8.28. The van der Waals surface area contributed by atoms with Gasteiger partial charge in [-0.3, -0.25) is 9.89 Å². The molecule has 0 aliphatic carbocycles. The Morgan fingerprint density at radius 1 is 1.29 bits per heavy atom. The van der Waals surface area contributed by atoms with Crippen molar-refractivity contribution in [1.82, 2.24) is 20.5 Å². The molecule has 28 heavy (non-hydrogen) atoms. The van der Waals surface area contributed by atoms with E-state index in [9.17, 15) is 18.0 Å². The molecule has 0 saturated carbocycles. The van der Waals surface area contributed by atoms with Crippen LogP contribution in [0.1, 0.15) is 27.4 Å². The van der Waals surface area contributed by atoms with E-state index in [2.05, 4.69) is 20.5 Å². The lowest BCUT2D eigenvalue weighted by Gasteiger charge is -2.07. The van der Waals surface area contributed by atoms with Gasteiger partial charge < -0.3 is 14.5 Å². The fraction of sp³-hybridized carbons (Fsp3) is 0.278. The van der Waals surface area contributed by atoms with Gasteiger partial charge in [0.1, 0.15) is 12.0 Å². The zero-order valence-electron chi connectivity index (χ0n) is 15.1. The number of aromatic amines is 1. The van der Waals surface area contributed by atoms with Gasteiger partial charge in [0.05, 0.1) is 18.4 Å². The maximum atomic E-state index is 12.9. The van der Waals surface area contributed by atoms with Gasteiger partial charge >= 0.3 is 6.18 Å². The second-order valence-electron chi connectivity index (χ2n) is 5.95. The van der Waals surface area contributed by atoms with Crippen molar-refractivity contribution in [2.24, 2.45) is 0 Å². The smallest absolute Gasteiger partial charge is 0.435 e. The first-order valence-corrected chi connectivity index (χ1v) is 8.28. The summed E-state index contributed by atoms with van der Waals surface area (Å²) < 4.78 is 49.3. The highest BCUT2D eigenvalue weighted by Crippen LogP contribution is 2.31. The molecule has 2 aromatic heterocycles. The number of benzene rings is 1. The number of halogens is 3. The van der Waals surface area contributed by atoms with Crippen molar-refractivity contribution in [1.29, 1.82) is 0 Å². The van der Waals surface area contributed by atoms with Crippen molar-refractivity contribution in [2.75, 3.05) is 13.7 Å².